The van der Waals surface area contributed by atoms with Crippen LogP contribution in [0.4, 0.5) is 0 Å². The maximum Gasteiger partial charge on any atom is 0.0468 e. The van der Waals surface area contributed by atoms with Crippen LogP contribution in [-0.2, 0) is 0 Å². The second kappa shape index (κ2) is 8.04. The SMILES string of the molecule is CCCN(CC(C)CO)C(CC)(CC)CN. The molecule has 0 aromatic heterocycles. The molecule has 0 saturated heterocycles. The van der Waals surface area contributed by atoms with Crippen molar-refractivity contribution in [3.63, 3.8) is 0 Å². The van der Waals surface area contributed by atoms with E-state index in [9.17, 15) is 5.11 Å². The van der Waals surface area contributed by atoms with Crippen molar-refractivity contribution >= 4 is 0 Å². The summed E-state index contributed by atoms with van der Waals surface area (Å²) in [6.07, 6.45) is 3.30. The van der Waals surface area contributed by atoms with Crippen LogP contribution in [0.1, 0.15) is 47.0 Å². The average molecular weight is 230 g/mol. The highest BCUT2D eigenvalue weighted by Crippen LogP contribution is 2.24. The zero-order chi connectivity index (χ0) is 12.6. The quantitative estimate of drug-likeness (QED) is 0.635. The van der Waals surface area contributed by atoms with Gasteiger partial charge in [-0.1, -0.05) is 27.7 Å². The Morgan fingerprint density at radius 2 is 1.81 bits per heavy atom. The topological polar surface area (TPSA) is 49.5 Å². The van der Waals surface area contributed by atoms with Crippen LogP contribution in [0.2, 0.25) is 0 Å². The van der Waals surface area contributed by atoms with Gasteiger partial charge in [0.1, 0.15) is 0 Å². The largest absolute Gasteiger partial charge is 0.396 e. The lowest BCUT2D eigenvalue weighted by molar-refractivity contribution is 0.0578. The lowest BCUT2D eigenvalue weighted by Crippen LogP contribution is -2.54. The zero-order valence-corrected chi connectivity index (χ0v) is 11.5. The van der Waals surface area contributed by atoms with Crippen molar-refractivity contribution in [2.45, 2.75) is 52.5 Å². The summed E-state index contributed by atoms with van der Waals surface area (Å²) in [4.78, 5) is 2.48. The molecule has 0 heterocycles. The fourth-order valence-corrected chi connectivity index (χ4v) is 2.34. The van der Waals surface area contributed by atoms with E-state index in [1.165, 1.54) is 0 Å². The third-order valence-electron chi connectivity index (χ3n) is 3.70. The van der Waals surface area contributed by atoms with E-state index in [4.69, 9.17) is 5.73 Å². The van der Waals surface area contributed by atoms with Crippen LogP contribution in [0.3, 0.4) is 0 Å². The van der Waals surface area contributed by atoms with Gasteiger partial charge in [0.05, 0.1) is 0 Å². The van der Waals surface area contributed by atoms with Crippen LogP contribution in [0, 0.1) is 5.92 Å². The molecule has 1 atom stereocenters. The molecule has 0 saturated carbocycles. The normalized spacial score (nSPS) is 14.4. The number of aliphatic hydroxyl groups excluding tert-OH is 1. The Morgan fingerprint density at radius 1 is 1.25 bits per heavy atom. The van der Waals surface area contributed by atoms with Crippen molar-refractivity contribution in [3.05, 3.63) is 0 Å². The van der Waals surface area contributed by atoms with Crippen molar-refractivity contribution in [2.24, 2.45) is 11.7 Å². The third-order valence-corrected chi connectivity index (χ3v) is 3.70. The second-order valence-corrected chi connectivity index (χ2v) is 4.87. The molecule has 0 amide bonds. The maximum atomic E-state index is 9.18. The summed E-state index contributed by atoms with van der Waals surface area (Å²) in [5, 5.41) is 9.18. The zero-order valence-electron chi connectivity index (χ0n) is 11.5. The molecule has 3 heteroatoms. The minimum atomic E-state index is 0.124. The van der Waals surface area contributed by atoms with Crippen molar-refractivity contribution in [1.82, 2.24) is 4.90 Å². The minimum Gasteiger partial charge on any atom is -0.396 e. The molecule has 98 valence electrons. The van der Waals surface area contributed by atoms with Gasteiger partial charge in [-0.15, -0.1) is 0 Å². The molecule has 0 aromatic carbocycles. The summed E-state index contributed by atoms with van der Waals surface area (Å²) >= 11 is 0. The Morgan fingerprint density at radius 3 is 2.12 bits per heavy atom. The van der Waals surface area contributed by atoms with E-state index in [1.807, 2.05) is 0 Å². The molecule has 0 fully saturated rings. The predicted molar refractivity (Wildman–Crippen MR) is 70.5 cm³/mol. The van der Waals surface area contributed by atoms with Crippen molar-refractivity contribution in [2.75, 3.05) is 26.2 Å². The van der Waals surface area contributed by atoms with Crippen LogP contribution in [0.15, 0.2) is 0 Å². The first kappa shape index (κ1) is 15.9. The summed E-state index contributed by atoms with van der Waals surface area (Å²) in [6, 6.07) is 0. The first-order chi connectivity index (χ1) is 7.60. The molecule has 3 N–H and O–H groups in total. The summed E-state index contributed by atoms with van der Waals surface area (Å²) in [5.74, 6) is 0.329. The third kappa shape index (κ3) is 4.04. The molecular formula is C13H30N2O. The van der Waals surface area contributed by atoms with Gasteiger partial charge in [0.25, 0.3) is 0 Å². The standard InChI is InChI=1S/C13H30N2O/c1-5-8-15(9-12(4)10-16)13(6-2,7-3)11-14/h12,16H,5-11,14H2,1-4H3. The summed E-state index contributed by atoms with van der Waals surface area (Å²) in [6.45, 7) is 11.7. The Labute approximate surface area is 101 Å². The van der Waals surface area contributed by atoms with Gasteiger partial charge < -0.3 is 10.8 Å². The fraction of sp³-hybridized carbons (Fsp3) is 1.00. The van der Waals surface area contributed by atoms with Gasteiger partial charge in [0, 0.05) is 25.2 Å². The summed E-state index contributed by atoms with van der Waals surface area (Å²) in [7, 11) is 0. The smallest absolute Gasteiger partial charge is 0.0468 e. The van der Waals surface area contributed by atoms with E-state index in [0.717, 1.165) is 32.4 Å². The van der Waals surface area contributed by atoms with E-state index in [1.54, 1.807) is 0 Å². The Balaban J connectivity index is 4.69. The van der Waals surface area contributed by atoms with E-state index < -0.39 is 0 Å². The Hall–Kier alpha value is -0.120. The van der Waals surface area contributed by atoms with Crippen LogP contribution in [0.5, 0.6) is 0 Å². The van der Waals surface area contributed by atoms with E-state index in [2.05, 4.69) is 32.6 Å². The van der Waals surface area contributed by atoms with E-state index in [0.29, 0.717) is 12.5 Å². The predicted octanol–water partition coefficient (Wildman–Crippen LogP) is 1.84. The van der Waals surface area contributed by atoms with Gasteiger partial charge in [-0.2, -0.15) is 0 Å². The lowest BCUT2D eigenvalue weighted by atomic mass is 9.89. The van der Waals surface area contributed by atoms with Crippen molar-refractivity contribution in [1.29, 1.82) is 0 Å². The molecule has 0 spiro atoms. The first-order valence-electron chi connectivity index (χ1n) is 6.66. The minimum absolute atomic E-state index is 0.124. The Bertz CT molecular complexity index is 161. The molecule has 0 aliphatic carbocycles. The number of nitrogens with zero attached hydrogens (tertiary/aromatic N) is 1. The van der Waals surface area contributed by atoms with Crippen LogP contribution < -0.4 is 5.73 Å². The fourth-order valence-electron chi connectivity index (χ4n) is 2.34. The van der Waals surface area contributed by atoms with Gasteiger partial charge in [0.15, 0.2) is 0 Å². The van der Waals surface area contributed by atoms with Gasteiger partial charge in [0.2, 0.25) is 0 Å². The van der Waals surface area contributed by atoms with Crippen LogP contribution in [0.25, 0.3) is 0 Å². The number of aliphatic hydroxyl groups is 1. The number of rotatable bonds is 9. The molecule has 0 aliphatic rings. The molecular weight excluding hydrogens is 200 g/mol. The van der Waals surface area contributed by atoms with Crippen LogP contribution >= 0.6 is 0 Å². The molecule has 1 unspecified atom stereocenters. The van der Waals surface area contributed by atoms with Crippen molar-refractivity contribution in [3.8, 4) is 0 Å². The van der Waals surface area contributed by atoms with Crippen LogP contribution in [-0.4, -0.2) is 41.8 Å². The van der Waals surface area contributed by atoms with E-state index in [-0.39, 0.29) is 12.1 Å². The van der Waals surface area contributed by atoms with Crippen molar-refractivity contribution < 1.29 is 5.11 Å². The molecule has 0 aromatic rings. The van der Waals surface area contributed by atoms with Gasteiger partial charge >= 0.3 is 0 Å². The van der Waals surface area contributed by atoms with Gasteiger partial charge in [-0.05, 0) is 31.7 Å². The van der Waals surface area contributed by atoms with Gasteiger partial charge in [-0.3, -0.25) is 4.90 Å². The molecule has 0 bridgehead atoms. The number of nitrogens with two attached hydrogens (primary N) is 1. The molecule has 0 aliphatic heterocycles. The molecule has 3 nitrogen and oxygen atoms in total. The Kier molecular flexibility index (Phi) is 7.98. The molecule has 16 heavy (non-hydrogen) atoms. The van der Waals surface area contributed by atoms with Gasteiger partial charge in [-0.25, -0.2) is 0 Å². The first-order valence-corrected chi connectivity index (χ1v) is 6.66. The highest BCUT2D eigenvalue weighted by atomic mass is 16.3. The average Bonchev–Trinajstić information content (AvgIpc) is 2.32. The number of hydrogen-bond donors (Lipinski definition) is 2. The highest BCUT2D eigenvalue weighted by molar-refractivity contribution is 4.90. The second-order valence-electron chi connectivity index (χ2n) is 4.87. The monoisotopic (exact) mass is 230 g/mol. The van der Waals surface area contributed by atoms with E-state index >= 15 is 0 Å². The maximum absolute atomic E-state index is 9.18. The summed E-state index contributed by atoms with van der Waals surface area (Å²) < 4.78 is 0. The number of hydrogen-bond acceptors (Lipinski definition) is 3. The molecule has 0 radical (unpaired) electrons. The molecule has 0 rings (SSSR count). The summed E-state index contributed by atoms with van der Waals surface area (Å²) in [5.41, 5.74) is 6.10. The lowest BCUT2D eigenvalue weighted by Gasteiger charge is -2.43. The highest BCUT2D eigenvalue weighted by Gasteiger charge is 2.31.